The van der Waals surface area contributed by atoms with Gasteiger partial charge in [0, 0.05) is 20.4 Å². The van der Waals surface area contributed by atoms with Gasteiger partial charge in [0.05, 0.1) is 17.9 Å². The summed E-state index contributed by atoms with van der Waals surface area (Å²) >= 11 is 0. The van der Waals surface area contributed by atoms with Gasteiger partial charge in [-0.2, -0.15) is 5.10 Å². The molecule has 1 unspecified atom stereocenters. The number of hydrogen-bond acceptors (Lipinski definition) is 4. The SMILES string of the molecule is COCC(NC(=O)c1cn(C)nc1C)C(=O)O. The van der Waals surface area contributed by atoms with Crippen LogP contribution in [0.2, 0.25) is 0 Å². The lowest BCUT2D eigenvalue weighted by molar-refractivity contribution is -0.140. The first kappa shape index (κ1) is 13.2. The van der Waals surface area contributed by atoms with Crippen molar-refractivity contribution in [1.82, 2.24) is 15.1 Å². The molecular weight excluding hydrogens is 226 g/mol. The van der Waals surface area contributed by atoms with E-state index in [2.05, 4.69) is 10.4 Å². The Balaban J connectivity index is 2.77. The molecule has 1 atom stereocenters. The number of carboxylic acids is 1. The monoisotopic (exact) mass is 241 g/mol. The summed E-state index contributed by atoms with van der Waals surface area (Å²) in [5.41, 5.74) is 0.904. The minimum atomic E-state index is -1.14. The zero-order valence-corrected chi connectivity index (χ0v) is 9.93. The molecule has 0 saturated carbocycles. The number of aromatic nitrogens is 2. The molecule has 1 rings (SSSR count). The van der Waals surface area contributed by atoms with E-state index >= 15 is 0 Å². The van der Waals surface area contributed by atoms with Crippen LogP contribution in [0.25, 0.3) is 0 Å². The predicted molar refractivity (Wildman–Crippen MR) is 58.7 cm³/mol. The van der Waals surface area contributed by atoms with E-state index in [-0.39, 0.29) is 6.61 Å². The molecule has 0 aliphatic rings. The molecule has 7 heteroatoms. The second kappa shape index (κ2) is 5.44. The van der Waals surface area contributed by atoms with Crippen LogP contribution in [-0.4, -0.2) is 46.5 Å². The average molecular weight is 241 g/mol. The fourth-order valence-corrected chi connectivity index (χ4v) is 1.40. The molecule has 1 aromatic heterocycles. The first-order valence-electron chi connectivity index (χ1n) is 4.98. The van der Waals surface area contributed by atoms with Gasteiger partial charge in [-0.1, -0.05) is 0 Å². The summed E-state index contributed by atoms with van der Waals surface area (Å²) in [4.78, 5) is 22.6. The molecule has 0 radical (unpaired) electrons. The third-order valence-corrected chi connectivity index (χ3v) is 2.19. The van der Waals surface area contributed by atoms with Crippen LogP contribution in [0.1, 0.15) is 16.1 Å². The predicted octanol–water partition coefficient (Wildman–Crippen LogP) is -0.442. The summed E-state index contributed by atoms with van der Waals surface area (Å²) in [6.45, 7) is 1.60. The van der Waals surface area contributed by atoms with E-state index < -0.39 is 17.9 Å². The zero-order chi connectivity index (χ0) is 13.0. The number of methoxy groups -OCH3 is 1. The lowest BCUT2D eigenvalue weighted by atomic mass is 10.2. The highest BCUT2D eigenvalue weighted by Gasteiger charge is 2.22. The van der Waals surface area contributed by atoms with E-state index in [4.69, 9.17) is 9.84 Å². The molecule has 94 valence electrons. The van der Waals surface area contributed by atoms with Crippen molar-refractivity contribution in [2.45, 2.75) is 13.0 Å². The smallest absolute Gasteiger partial charge is 0.328 e. The van der Waals surface area contributed by atoms with Gasteiger partial charge >= 0.3 is 5.97 Å². The van der Waals surface area contributed by atoms with Crippen LogP contribution in [0.15, 0.2) is 6.20 Å². The molecule has 0 aliphatic heterocycles. The summed E-state index contributed by atoms with van der Waals surface area (Å²) in [6.07, 6.45) is 1.54. The number of carbonyl (C=O) groups excluding carboxylic acids is 1. The third kappa shape index (κ3) is 3.28. The van der Waals surface area contributed by atoms with E-state index in [1.54, 1.807) is 14.0 Å². The van der Waals surface area contributed by atoms with E-state index in [1.165, 1.54) is 18.0 Å². The van der Waals surface area contributed by atoms with E-state index in [0.29, 0.717) is 11.3 Å². The summed E-state index contributed by atoms with van der Waals surface area (Å²) in [5.74, 6) is -1.61. The topological polar surface area (TPSA) is 93.5 Å². The van der Waals surface area contributed by atoms with Crippen LogP contribution in [0, 0.1) is 6.92 Å². The Morgan fingerprint density at radius 1 is 1.65 bits per heavy atom. The number of nitrogens with one attached hydrogen (secondary N) is 1. The van der Waals surface area contributed by atoms with E-state index in [1.807, 2.05) is 0 Å². The first-order valence-corrected chi connectivity index (χ1v) is 4.98. The summed E-state index contributed by atoms with van der Waals surface area (Å²) in [6, 6.07) is -1.06. The largest absolute Gasteiger partial charge is 0.480 e. The van der Waals surface area contributed by atoms with Crippen LogP contribution in [0.5, 0.6) is 0 Å². The molecule has 2 N–H and O–H groups in total. The van der Waals surface area contributed by atoms with E-state index in [9.17, 15) is 9.59 Å². The minimum absolute atomic E-state index is 0.0830. The van der Waals surface area contributed by atoms with Gasteiger partial charge in [0.25, 0.3) is 5.91 Å². The lowest BCUT2D eigenvalue weighted by Gasteiger charge is -2.12. The van der Waals surface area contributed by atoms with Crippen molar-refractivity contribution in [3.8, 4) is 0 Å². The summed E-state index contributed by atoms with van der Waals surface area (Å²) in [7, 11) is 3.06. The number of carboxylic acid groups (broad SMARTS) is 1. The summed E-state index contributed by atoms with van der Waals surface area (Å²) in [5, 5.41) is 15.2. The molecule has 1 amide bonds. The van der Waals surface area contributed by atoms with Crippen LogP contribution < -0.4 is 5.32 Å². The van der Waals surface area contributed by atoms with Crippen LogP contribution in [0.3, 0.4) is 0 Å². The highest BCUT2D eigenvalue weighted by molar-refractivity contribution is 5.97. The van der Waals surface area contributed by atoms with Gasteiger partial charge < -0.3 is 15.2 Å². The normalized spacial score (nSPS) is 12.2. The van der Waals surface area contributed by atoms with Crippen molar-refractivity contribution < 1.29 is 19.4 Å². The average Bonchev–Trinajstić information content (AvgIpc) is 2.57. The molecule has 0 aromatic carbocycles. The maximum atomic E-state index is 11.8. The molecule has 1 heterocycles. The van der Waals surface area contributed by atoms with Gasteiger partial charge in [-0.15, -0.1) is 0 Å². The Bertz CT molecular complexity index is 427. The Kier molecular flexibility index (Phi) is 4.22. The molecule has 0 bridgehead atoms. The van der Waals surface area contributed by atoms with E-state index in [0.717, 1.165) is 0 Å². The van der Waals surface area contributed by atoms with Gasteiger partial charge in [0.15, 0.2) is 6.04 Å². The van der Waals surface area contributed by atoms with Crippen molar-refractivity contribution in [3.63, 3.8) is 0 Å². The van der Waals surface area contributed by atoms with Crippen molar-refractivity contribution >= 4 is 11.9 Å². The maximum absolute atomic E-state index is 11.8. The van der Waals surface area contributed by atoms with Crippen LogP contribution in [0.4, 0.5) is 0 Å². The number of carbonyl (C=O) groups is 2. The first-order chi connectivity index (χ1) is 7.95. The van der Waals surface area contributed by atoms with Gasteiger partial charge in [0.2, 0.25) is 0 Å². The van der Waals surface area contributed by atoms with Gasteiger partial charge in [-0.25, -0.2) is 4.79 Å². The molecule has 0 aliphatic carbocycles. The fourth-order valence-electron chi connectivity index (χ4n) is 1.40. The molecule has 1 aromatic rings. The highest BCUT2D eigenvalue weighted by Crippen LogP contribution is 2.04. The lowest BCUT2D eigenvalue weighted by Crippen LogP contribution is -2.43. The van der Waals surface area contributed by atoms with Gasteiger partial charge in [-0.3, -0.25) is 9.48 Å². The molecule has 0 saturated heterocycles. The Labute approximate surface area is 98.4 Å². The van der Waals surface area contributed by atoms with Crippen LogP contribution >= 0.6 is 0 Å². The fraction of sp³-hybridized carbons (Fsp3) is 0.500. The zero-order valence-electron chi connectivity index (χ0n) is 9.93. The molecule has 7 nitrogen and oxygen atoms in total. The van der Waals surface area contributed by atoms with Crippen molar-refractivity contribution in [3.05, 3.63) is 17.5 Å². The van der Waals surface area contributed by atoms with Crippen molar-refractivity contribution in [2.24, 2.45) is 7.05 Å². The second-order valence-corrected chi connectivity index (χ2v) is 3.62. The van der Waals surface area contributed by atoms with Gasteiger partial charge in [-0.05, 0) is 6.92 Å². The Morgan fingerprint density at radius 3 is 2.71 bits per heavy atom. The number of aliphatic carboxylic acids is 1. The Hall–Kier alpha value is -1.89. The number of hydrogen-bond donors (Lipinski definition) is 2. The van der Waals surface area contributed by atoms with Gasteiger partial charge in [0.1, 0.15) is 0 Å². The molecule has 17 heavy (non-hydrogen) atoms. The van der Waals surface area contributed by atoms with Crippen molar-refractivity contribution in [1.29, 1.82) is 0 Å². The highest BCUT2D eigenvalue weighted by atomic mass is 16.5. The molecular formula is C10H15N3O4. The molecule has 0 spiro atoms. The minimum Gasteiger partial charge on any atom is -0.480 e. The van der Waals surface area contributed by atoms with Crippen LogP contribution in [-0.2, 0) is 16.6 Å². The maximum Gasteiger partial charge on any atom is 0.328 e. The standard InChI is InChI=1S/C10H15N3O4/c1-6-7(4-13(2)12-6)9(14)11-8(5-17-3)10(15)16/h4,8H,5H2,1-3H3,(H,11,14)(H,15,16). The quantitative estimate of drug-likeness (QED) is 0.728. The number of nitrogens with zero attached hydrogens (tertiary/aromatic N) is 2. The number of ether oxygens (including phenoxy) is 1. The van der Waals surface area contributed by atoms with Crippen molar-refractivity contribution in [2.75, 3.05) is 13.7 Å². The second-order valence-electron chi connectivity index (χ2n) is 3.62. The summed E-state index contributed by atoms with van der Waals surface area (Å²) < 4.78 is 6.22. The number of rotatable bonds is 5. The Morgan fingerprint density at radius 2 is 2.29 bits per heavy atom. The number of aryl methyl sites for hydroxylation is 2. The molecule has 0 fully saturated rings. The third-order valence-electron chi connectivity index (χ3n) is 2.19. The number of amides is 1.